The van der Waals surface area contributed by atoms with Gasteiger partial charge in [0.2, 0.25) is 0 Å². The number of hydrogen-bond acceptors (Lipinski definition) is 6. The van der Waals surface area contributed by atoms with Crippen molar-refractivity contribution in [1.29, 1.82) is 0 Å². The summed E-state index contributed by atoms with van der Waals surface area (Å²) >= 11 is 0. The number of nitrogens with zero attached hydrogens (tertiary/aromatic N) is 2. The fourth-order valence-corrected chi connectivity index (χ4v) is 2.99. The Kier molecular flexibility index (Phi) is 6.11. The normalized spacial score (nSPS) is 20.5. The van der Waals surface area contributed by atoms with Gasteiger partial charge in [-0.05, 0) is 61.0 Å². The van der Waals surface area contributed by atoms with Gasteiger partial charge in [0.25, 0.3) is 0 Å². The van der Waals surface area contributed by atoms with E-state index in [-0.39, 0.29) is 0 Å². The van der Waals surface area contributed by atoms with E-state index in [1.807, 2.05) is 54.5 Å². The molecule has 1 aromatic rings. The molecule has 1 atom stereocenters. The zero-order valence-corrected chi connectivity index (χ0v) is 17.5. The van der Waals surface area contributed by atoms with Crippen molar-refractivity contribution in [2.75, 3.05) is 18.0 Å². The first kappa shape index (κ1) is 21.5. The Hall–Kier alpha value is -1.80. The first-order valence-electron chi connectivity index (χ1n) is 9.33. The highest BCUT2D eigenvalue weighted by atomic mass is 16.6. The van der Waals surface area contributed by atoms with Crippen LogP contribution in [0.4, 0.5) is 10.5 Å². The summed E-state index contributed by atoms with van der Waals surface area (Å²) in [6.07, 6.45) is 3.74. The largest absolute Gasteiger partial charge is 0.493 e. The van der Waals surface area contributed by atoms with Crippen LogP contribution in [0.5, 0.6) is 0 Å². The Bertz CT molecular complexity index is 672. The third-order valence-electron chi connectivity index (χ3n) is 4.14. The van der Waals surface area contributed by atoms with Gasteiger partial charge in [0.15, 0.2) is 0 Å². The summed E-state index contributed by atoms with van der Waals surface area (Å²) in [5.74, 6) is 0. The number of anilines is 1. The lowest BCUT2D eigenvalue weighted by molar-refractivity contribution is 0.0473. The van der Waals surface area contributed by atoms with Crippen molar-refractivity contribution in [1.82, 2.24) is 10.3 Å². The van der Waals surface area contributed by atoms with E-state index in [1.165, 1.54) is 0 Å². The van der Waals surface area contributed by atoms with Gasteiger partial charge in [-0.2, -0.15) is 0 Å². The smallest absolute Gasteiger partial charge is 0.444 e. The Balaban J connectivity index is 2.04. The van der Waals surface area contributed by atoms with E-state index >= 15 is 0 Å². The molecule has 2 heterocycles. The summed E-state index contributed by atoms with van der Waals surface area (Å²) in [6.45, 7) is 14.6. The molecule has 2 N–H and O–H groups in total. The minimum Gasteiger partial charge on any atom is -0.444 e. The summed E-state index contributed by atoms with van der Waals surface area (Å²) in [7, 11) is -1.04. The van der Waals surface area contributed by atoms with Crippen LogP contribution in [-0.4, -0.2) is 53.1 Å². The molecule has 0 bridgehead atoms. The molecule has 0 aliphatic carbocycles. The molecule has 27 heavy (non-hydrogen) atoms. The second-order valence-corrected chi connectivity index (χ2v) is 9.42. The van der Waals surface area contributed by atoms with Gasteiger partial charge in [-0.3, -0.25) is 4.98 Å². The van der Waals surface area contributed by atoms with Gasteiger partial charge in [0.1, 0.15) is 5.60 Å². The number of rotatable bonds is 4. The number of pyridine rings is 1. The van der Waals surface area contributed by atoms with Crippen LogP contribution < -0.4 is 15.7 Å². The van der Waals surface area contributed by atoms with E-state index in [0.29, 0.717) is 12.0 Å². The molecule has 0 unspecified atom stereocenters. The van der Waals surface area contributed by atoms with Crippen LogP contribution in [0.25, 0.3) is 0 Å². The molecule has 0 saturated carbocycles. The highest BCUT2D eigenvalue weighted by molar-refractivity contribution is 6.60. The van der Waals surface area contributed by atoms with Crippen LogP contribution in [0.2, 0.25) is 0 Å². The van der Waals surface area contributed by atoms with Gasteiger partial charge < -0.3 is 24.6 Å². The summed E-state index contributed by atoms with van der Waals surface area (Å²) in [6, 6.07) is 1.88. The molecular formula is C19H32BN3O4. The molecule has 1 fully saturated rings. The van der Waals surface area contributed by atoms with E-state index in [4.69, 9.17) is 9.39 Å². The molecule has 8 heteroatoms. The Morgan fingerprint density at radius 1 is 1.26 bits per heavy atom. The summed E-state index contributed by atoms with van der Waals surface area (Å²) in [5, 5.41) is 13.3. The Labute approximate surface area is 162 Å². The van der Waals surface area contributed by atoms with Gasteiger partial charge in [-0.25, -0.2) is 4.79 Å². The summed E-state index contributed by atoms with van der Waals surface area (Å²) in [5.41, 5.74) is 0.118. The molecule has 0 radical (unpaired) electrons. The number of alkyl carbamates (subject to hydrolysis) is 1. The predicted molar refractivity (Wildman–Crippen MR) is 107 cm³/mol. The Morgan fingerprint density at radius 3 is 2.52 bits per heavy atom. The zero-order valence-electron chi connectivity index (χ0n) is 17.5. The average Bonchev–Trinajstić information content (AvgIpc) is 2.85. The van der Waals surface area contributed by atoms with Crippen LogP contribution in [0.1, 0.15) is 54.9 Å². The van der Waals surface area contributed by atoms with Gasteiger partial charge >= 0.3 is 13.2 Å². The summed E-state index contributed by atoms with van der Waals surface area (Å²) < 4.78 is 11.0. The van der Waals surface area contributed by atoms with Gasteiger partial charge in [0, 0.05) is 30.4 Å². The maximum absolute atomic E-state index is 12.1. The molecule has 1 aliphatic heterocycles. The topological polar surface area (TPSA) is 83.9 Å². The van der Waals surface area contributed by atoms with Crippen LogP contribution >= 0.6 is 0 Å². The van der Waals surface area contributed by atoms with Crippen molar-refractivity contribution in [3.63, 3.8) is 0 Å². The lowest BCUT2D eigenvalue weighted by atomic mass is 9.79. The quantitative estimate of drug-likeness (QED) is 0.782. The van der Waals surface area contributed by atoms with Crippen LogP contribution in [0, 0.1) is 0 Å². The molecule has 1 amide bonds. The molecule has 1 aromatic heterocycles. The number of amides is 1. The SMILES string of the molecule is CC(C)(C)OB(O)c1cncc(N2CC[C@@](C)(NC(=O)OC(C)(C)C)C2)c1. The number of aromatic nitrogens is 1. The third kappa shape index (κ3) is 6.70. The second-order valence-electron chi connectivity index (χ2n) is 9.42. The molecule has 7 nitrogen and oxygen atoms in total. The van der Waals surface area contributed by atoms with Crippen molar-refractivity contribution >= 4 is 24.4 Å². The van der Waals surface area contributed by atoms with E-state index in [2.05, 4.69) is 15.2 Å². The number of carbonyl (C=O) groups is 1. The lowest BCUT2D eigenvalue weighted by Gasteiger charge is -2.29. The van der Waals surface area contributed by atoms with E-state index in [0.717, 1.165) is 18.7 Å². The average molecular weight is 377 g/mol. The first-order chi connectivity index (χ1) is 12.3. The van der Waals surface area contributed by atoms with E-state index in [1.54, 1.807) is 12.4 Å². The molecule has 1 saturated heterocycles. The van der Waals surface area contributed by atoms with E-state index in [9.17, 15) is 9.82 Å². The van der Waals surface area contributed by atoms with Gasteiger partial charge in [0.05, 0.1) is 17.4 Å². The lowest BCUT2D eigenvalue weighted by Crippen LogP contribution is -2.49. The number of ether oxygens (including phenoxy) is 1. The molecule has 0 aromatic carbocycles. The minimum absolute atomic E-state index is 0.390. The second kappa shape index (κ2) is 7.68. The molecule has 2 rings (SSSR count). The predicted octanol–water partition coefficient (Wildman–Crippen LogP) is 2.08. The number of nitrogens with one attached hydrogen (secondary N) is 1. The molecule has 150 valence electrons. The van der Waals surface area contributed by atoms with Gasteiger partial charge in [-0.1, -0.05) is 0 Å². The molecule has 1 aliphatic rings. The maximum Gasteiger partial charge on any atom is 0.493 e. The molecular weight excluding hydrogens is 345 g/mol. The van der Waals surface area contributed by atoms with Crippen LogP contribution in [0.15, 0.2) is 18.5 Å². The number of hydrogen-bond donors (Lipinski definition) is 2. The summed E-state index contributed by atoms with van der Waals surface area (Å²) in [4.78, 5) is 18.5. The van der Waals surface area contributed by atoms with E-state index < -0.39 is 30.0 Å². The van der Waals surface area contributed by atoms with Crippen molar-refractivity contribution in [3.8, 4) is 0 Å². The first-order valence-corrected chi connectivity index (χ1v) is 9.33. The van der Waals surface area contributed by atoms with Crippen molar-refractivity contribution in [3.05, 3.63) is 18.5 Å². The highest BCUT2D eigenvalue weighted by Gasteiger charge is 2.37. The van der Waals surface area contributed by atoms with Gasteiger partial charge in [-0.15, -0.1) is 0 Å². The highest BCUT2D eigenvalue weighted by Crippen LogP contribution is 2.26. The standard InChI is InChI=1S/C19H32BN3O4/c1-17(2,3)26-16(24)22-19(7)8-9-23(13-19)15-10-14(11-21-12-15)20(25)27-18(4,5)6/h10-12,25H,8-9,13H2,1-7H3,(H,22,24)/t19-/m1/s1. The van der Waals surface area contributed by atoms with Crippen LogP contribution in [-0.2, 0) is 9.39 Å². The van der Waals surface area contributed by atoms with Crippen molar-refractivity contribution < 1.29 is 19.2 Å². The Morgan fingerprint density at radius 2 is 1.93 bits per heavy atom. The van der Waals surface area contributed by atoms with Crippen molar-refractivity contribution in [2.45, 2.75) is 71.6 Å². The van der Waals surface area contributed by atoms with Crippen molar-refractivity contribution in [2.24, 2.45) is 0 Å². The fraction of sp³-hybridized carbons (Fsp3) is 0.684. The third-order valence-corrected chi connectivity index (χ3v) is 4.14. The number of carbonyl (C=O) groups excluding carboxylic acids is 1. The van der Waals surface area contributed by atoms with Crippen LogP contribution in [0.3, 0.4) is 0 Å². The monoisotopic (exact) mass is 377 g/mol. The maximum atomic E-state index is 12.1. The molecule has 0 spiro atoms. The fourth-order valence-electron chi connectivity index (χ4n) is 2.99. The zero-order chi connectivity index (χ0) is 20.5. The minimum atomic E-state index is -1.04.